The molecule has 1 amide bonds. The van der Waals surface area contributed by atoms with Gasteiger partial charge in [-0.05, 0) is 61.4 Å². The van der Waals surface area contributed by atoms with E-state index in [-0.39, 0.29) is 23.7 Å². The van der Waals surface area contributed by atoms with Gasteiger partial charge in [0.15, 0.2) is 5.76 Å². The molecule has 150 valence electrons. The zero-order valence-electron chi connectivity index (χ0n) is 16.2. The molecule has 0 aliphatic rings. The number of methoxy groups -OCH3 is 1. The Balaban J connectivity index is 1.69. The number of nitrogens with one attached hydrogen (secondary N) is 1. The van der Waals surface area contributed by atoms with Gasteiger partial charge < -0.3 is 19.2 Å². The third-order valence-electron chi connectivity index (χ3n) is 4.11. The number of benzene rings is 2. The van der Waals surface area contributed by atoms with Crippen molar-refractivity contribution in [1.29, 1.82) is 0 Å². The van der Waals surface area contributed by atoms with Crippen LogP contribution in [0, 0.1) is 24.0 Å². The molecule has 8 heteroatoms. The highest BCUT2D eigenvalue weighted by atomic mass is 16.6. The minimum absolute atomic E-state index is 0.0224. The number of carbonyl (C=O) groups is 1. The Bertz CT molecular complexity index is 1040. The van der Waals surface area contributed by atoms with E-state index < -0.39 is 10.8 Å². The third-order valence-corrected chi connectivity index (χ3v) is 4.11. The number of nitrogens with zero attached hydrogens (tertiary/aromatic N) is 1. The van der Waals surface area contributed by atoms with Crippen LogP contribution in [-0.2, 0) is 6.61 Å². The Kier molecular flexibility index (Phi) is 5.82. The van der Waals surface area contributed by atoms with Gasteiger partial charge in [-0.2, -0.15) is 0 Å². The van der Waals surface area contributed by atoms with Crippen molar-refractivity contribution in [2.24, 2.45) is 0 Å². The van der Waals surface area contributed by atoms with Crippen molar-refractivity contribution in [1.82, 2.24) is 0 Å². The van der Waals surface area contributed by atoms with Gasteiger partial charge in [0, 0.05) is 0 Å². The summed E-state index contributed by atoms with van der Waals surface area (Å²) in [6, 6.07) is 13.1. The molecule has 0 radical (unpaired) electrons. The molecular weight excluding hydrogens is 376 g/mol. The van der Waals surface area contributed by atoms with Crippen LogP contribution in [0.1, 0.15) is 27.4 Å². The average molecular weight is 396 g/mol. The number of rotatable bonds is 7. The number of nitro groups is 1. The smallest absolute Gasteiger partial charge is 0.296 e. The Morgan fingerprint density at radius 3 is 2.45 bits per heavy atom. The molecule has 0 fully saturated rings. The van der Waals surface area contributed by atoms with Crippen LogP contribution in [0.3, 0.4) is 0 Å². The molecule has 3 rings (SSSR count). The Hall–Kier alpha value is -3.81. The predicted octanol–water partition coefficient (Wildman–Crippen LogP) is 4.64. The van der Waals surface area contributed by atoms with Crippen molar-refractivity contribution >= 4 is 17.3 Å². The number of hydrogen-bond acceptors (Lipinski definition) is 6. The van der Waals surface area contributed by atoms with Gasteiger partial charge >= 0.3 is 0 Å². The Morgan fingerprint density at radius 1 is 1.07 bits per heavy atom. The highest BCUT2D eigenvalue weighted by molar-refractivity contribution is 6.03. The summed E-state index contributed by atoms with van der Waals surface area (Å²) in [4.78, 5) is 23.1. The maximum atomic E-state index is 12.4. The lowest BCUT2D eigenvalue weighted by Gasteiger charge is -2.07. The van der Waals surface area contributed by atoms with E-state index in [0.29, 0.717) is 17.3 Å². The van der Waals surface area contributed by atoms with Gasteiger partial charge in [0.05, 0.1) is 18.1 Å². The third kappa shape index (κ3) is 4.92. The Labute approximate surface area is 167 Å². The lowest BCUT2D eigenvalue weighted by molar-refractivity contribution is -0.384. The number of ether oxygens (including phenoxy) is 2. The van der Waals surface area contributed by atoms with Gasteiger partial charge in [0.1, 0.15) is 29.6 Å². The molecule has 0 bridgehead atoms. The molecule has 8 nitrogen and oxygen atoms in total. The number of carbonyl (C=O) groups excluding carboxylic acids is 1. The maximum absolute atomic E-state index is 12.4. The summed E-state index contributed by atoms with van der Waals surface area (Å²) >= 11 is 0. The first-order valence-electron chi connectivity index (χ1n) is 8.79. The minimum Gasteiger partial charge on any atom is -0.496 e. The summed E-state index contributed by atoms with van der Waals surface area (Å²) in [6.45, 7) is 4.11. The van der Waals surface area contributed by atoms with Crippen LogP contribution in [0.4, 0.5) is 11.4 Å². The lowest BCUT2D eigenvalue weighted by atomic mass is 10.1. The molecule has 0 aliphatic heterocycles. The van der Waals surface area contributed by atoms with Crippen molar-refractivity contribution in [2.75, 3.05) is 12.4 Å². The maximum Gasteiger partial charge on any atom is 0.296 e. The van der Waals surface area contributed by atoms with Crippen molar-refractivity contribution in [2.45, 2.75) is 20.5 Å². The van der Waals surface area contributed by atoms with E-state index in [1.165, 1.54) is 31.4 Å². The van der Waals surface area contributed by atoms with Crippen LogP contribution in [0.15, 0.2) is 52.9 Å². The van der Waals surface area contributed by atoms with E-state index in [2.05, 4.69) is 5.32 Å². The van der Waals surface area contributed by atoms with Crippen molar-refractivity contribution < 1.29 is 23.6 Å². The number of anilines is 1. The standard InChI is InChI=1S/C21H20N2O6/c1-13-8-14(2)10-17(9-13)28-12-16-5-7-20(29-16)21(24)22-18-6-4-15(27-3)11-19(18)23(25)26/h4-11H,12H2,1-3H3,(H,22,24). The topological polar surface area (TPSA) is 104 Å². The summed E-state index contributed by atoms with van der Waals surface area (Å²) in [7, 11) is 1.40. The van der Waals surface area contributed by atoms with Crippen LogP contribution in [-0.4, -0.2) is 17.9 Å². The highest BCUT2D eigenvalue weighted by Crippen LogP contribution is 2.29. The van der Waals surface area contributed by atoms with E-state index in [4.69, 9.17) is 13.9 Å². The predicted molar refractivity (Wildman–Crippen MR) is 107 cm³/mol. The number of nitro benzene ring substituents is 1. The molecule has 0 atom stereocenters. The molecule has 0 aliphatic carbocycles. The van der Waals surface area contributed by atoms with E-state index in [9.17, 15) is 14.9 Å². The number of furan rings is 1. The molecule has 0 saturated carbocycles. The van der Waals surface area contributed by atoms with Gasteiger partial charge in [-0.25, -0.2) is 0 Å². The molecule has 3 aromatic rings. The molecule has 0 unspecified atom stereocenters. The quantitative estimate of drug-likeness (QED) is 0.461. The second kappa shape index (κ2) is 8.47. The molecular formula is C21H20N2O6. The summed E-state index contributed by atoms with van der Waals surface area (Å²) in [5.74, 6) is 0.904. The molecule has 1 heterocycles. The van der Waals surface area contributed by atoms with Gasteiger partial charge in [0.25, 0.3) is 11.6 Å². The summed E-state index contributed by atoms with van der Waals surface area (Å²) in [6.07, 6.45) is 0. The molecule has 0 saturated heterocycles. The first-order chi connectivity index (χ1) is 13.9. The fourth-order valence-electron chi connectivity index (χ4n) is 2.83. The van der Waals surface area contributed by atoms with E-state index in [1.807, 2.05) is 32.0 Å². The van der Waals surface area contributed by atoms with Gasteiger partial charge in [-0.15, -0.1) is 0 Å². The van der Waals surface area contributed by atoms with E-state index >= 15 is 0 Å². The molecule has 1 aromatic heterocycles. The first-order valence-corrected chi connectivity index (χ1v) is 8.79. The normalized spacial score (nSPS) is 10.4. The van der Waals surface area contributed by atoms with Crippen LogP contribution in [0.5, 0.6) is 11.5 Å². The van der Waals surface area contributed by atoms with Crippen LogP contribution >= 0.6 is 0 Å². The monoisotopic (exact) mass is 396 g/mol. The van der Waals surface area contributed by atoms with Gasteiger partial charge in [-0.3, -0.25) is 14.9 Å². The summed E-state index contributed by atoms with van der Waals surface area (Å²) in [5, 5.41) is 13.7. The van der Waals surface area contributed by atoms with Crippen molar-refractivity contribution in [3.05, 3.63) is 81.3 Å². The summed E-state index contributed by atoms with van der Waals surface area (Å²) < 4.78 is 16.2. The number of aryl methyl sites for hydroxylation is 2. The van der Waals surface area contributed by atoms with Crippen LogP contribution in [0.25, 0.3) is 0 Å². The zero-order valence-corrected chi connectivity index (χ0v) is 16.2. The second-order valence-corrected chi connectivity index (χ2v) is 6.47. The zero-order chi connectivity index (χ0) is 21.0. The number of hydrogen-bond donors (Lipinski definition) is 1. The SMILES string of the molecule is COc1ccc(NC(=O)c2ccc(COc3cc(C)cc(C)c3)o2)c([N+](=O)[O-])c1. The molecule has 1 N–H and O–H groups in total. The van der Waals surface area contributed by atoms with Crippen molar-refractivity contribution in [3.8, 4) is 11.5 Å². The van der Waals surface area contributed by atoms with Crippen molar-refractivity contribution in [3.63, 3.8) is 0 Å². The van der Waals surface area contributed by atoms with Gasteiger partial charge in [0.2, 0.25) is 0 Å². The highest BCUT2D eigenvalue weighted by Gasteiger charge is 2.19. The number of amides is 1. The van der Waals surface area contributed by atoms with Gasteiger partial charge in [-0.1, -0.05) is 6.07 Å². The minimum atomic E-state index is -0.601. The average Bonchev–Trinajstić information content (AvgIpc) is 3.15. The molecule has 29 heavy (non-hydrogen) atoms. The molecule has 2 aromatic carbocycles. The molecule has 0 spiro atoms. The second-order valence-electron chi connectivity index (χ2n) is 6.47. The summed E-state index contributed by atoms with van der Waals surface area (Å²) in [5.41, 5.74) is 1.94. The van der Waals surface area contributed by atoms with Crippen LogP contribution < -0.4 is 14.8 Å². The fraction of sp³-hybridized carbons (Fsp3) is 0.190. The van der Waals surface area contributed by atoms with E-state index in [0.717, 1.165) is 11.1 Å². The Morgan fingerprint density at radius 2 is 1.79 bits per heavy atom. The first kappa shape index (κ1) is 19.9. The van der Waals surface area contributed by atoms with Crippen LogP contribution in [0.2, 0.25) is 0 Å². The largest absolute Gasteiger partial charge is 0.496 e. The lowest BCUT2D eigenvalue weighted by Crippen LogP contribution is -2.12. The fourth-order valence-corrected chi connectivity index (χ4v) is 2.83. The van der Waals surface area contributed by atoms with E-state index in [1.54, 1.807) is 6.07 Å².